The summed E-state index contributed by atoms with van der Waals surface area (Å²) in [6, 6.07) is 15.0. The van der Waals surface area contributed by atoms with Crippen LogP contribution in [-0.2, 0) is 0 Å². The number of ether oxygens (including phenoxy) is 1. The summed E-state index contributed by atoms with van der Waals surface area (Å²) < 4.78 is 5.61. The minimum absolute atomic E-state index is 0.0884. The number of carbonyl (C=O) groups is 1. The maximum atomic E-state index is 12.6. The highest BCUT2D eigenvalue weighted by atomic mass is 32.1. The standard InChI is InChI=1S/C22H20N4O2S/c1-13(2)28-19-8-6-15(7-9-19)21(27)24-20-11-18-10-16(4-5-17(18)12-23-20)22-26-25-14(3)29-22/h4-13H,1-3H3,(H,23,24,27). The third-order valence-corrected chi connectivity index (χ3v) is 5.11. The molecule has 4 aromatic rings. The van der Waals surface area contributed by atoms with Gasteiger partial charge in [-0.3, -0.25) is 4.79 Å². The molecule has 146 valence electrons. The largest absolute Gasteiger partial charge is 0.491 e. The molecule has 0 aliphatic rings. The molecule has 0 saturated carbocycles. The lowest BCUT2D eigenvalue weighted by Gasteiger charge is -2.10. The van der Waals surface area contributed by atoms with Crippen molar-refractivity contribution >= 4 is 33.8 Å². The fraction of sp³-hybridized carbons (Fsp3) is 0.182. The maximum absolute atomic E-state index is 12.6. The number of aryl methyl sites for hydroxylation is 1. The highest BCUT2D eigenvalue weighted by Gasteiger charge is 2.10. The van der Waals surface area contributed by atoms with Crippen LogP contribution in [0.3, 0.4) is 0 Å². The van der Waals surface area contributed by atoms with E-state index in [-0.39, 0.29) is 12.0 Å². The molecule has 1 N–H and O–H groups in total. The molecule has 4 rings (SSSR count). The second-order valence-corrected chi connectivity index (χ2v) is 8.08. The lowest BCUT2D eigenvalue weighted by molar-refractivity contribution is 0.102. The SMILES string of the molecule is Cc1nnc(-c2ccc3cnc(NC(=O)c4ccc(OC(C)C)cc4)cc3c2)s1. The summed E-state index contributed by atoms with van der Waals surface area (Å²) in [5.74, 6) is 1.01. The van der Waals surface area contributed by atoms with Gasteiger partial charge in [0.2, 0.25) is 0 Å². The highest BCUT2D eigenvalue weighted by molar-refractivity contribution is 7.14. The Morgan fingerprint density at radius 2 is 1.83 bits per heavy atom. The fourth-order valence-corrected chi connectivity index (χ4v) is 3.59. The van der Waals surface area contributed by atoms with Gasteiger partial charge in [-0.1, -0.05) is 23.5 Å². The molecular formula is C22H20N4O2S. The third-order valence-electron chi connectivity index (χ3n) is 4.22. The number of hydrogen-bond acceptors (Lipinski definition) is 6. The molecule has 0 atom stereocenters. The van der Waals surface area contributed by atoms with Gasteiger partial charge in [-0.2, -0.15) is 0 Å². The number of benzene rings is 2. The van der Waals surface area contributed by atoms with Gasteiger partial charge in [0.25, 0.3) is 5.91 Å². The molecule has 1 amide bonds. The number of nitrogens with zero attached hydrogens (tertiary/aromatic N) is 3. The average molecular weight is 404 g/mol. The molecule has 0 aliphatic carbocycles. The quantitative estimate of drug-likeness (QED) is 0.501. The molecule has 7 heteroatoms. The predicted molar refractivity (Wildman–Crippen MR) is 116 cm³/mol. The topological polar surface area (TPSA) is 77.0 Å². The van der Waals surface area contributed by atoms with Crippen LogP contribution in [0.4, 0.5) is 5.82 Å². The summed E-state index contributed by atoms with van der Waals surface area (Å²) in [6.45, 7) is 5.86. The number of amides is 1. The van der Waals surface area contributed by atoms with Gasteiger partial charge >= 0.3 is 0 Å². The number of carbonyl (C=O) groups excluding carboxylic acids is 1. The van der Waals surface area contributed by atoms with Crippen LogP contribution in [-0.4, -0.2) is 27.2 Å². The summed E-state index contributed by atoms with van der Waals surface area (Å²) in [5.41, 5.74) is 1.54. The van der Waals surface area contributed by atoms with Crippen LogP contribution in [0.15, 0.2) is 54.7 Å². The molecule has 0 aliphatic heterocycles. The van der Waals surface area contributed by atoms with Crippen LogP contribution in [0.25, 0.3) is 21.3 Å². The Hall–Kier alpha value is -3.32. The van der Waals surface area contributed by atoms with Crippen molar-refractivity contribution in [3.05, 3.63) is 65.3 Å². The van der Waals surface area contributed by atoms with Crippen molar-refractivity contribution in [2.45, 2.75) is 26.9 Å². The first-order chi connectivity index (χ1) is 14.0. The number of aromatic nitrogens is 3. The number of pyridine rings is 1. The summed E-state index contributed by atoms with van der Waals surface area (Å²) in [6.07, 6.45) is 1.84. The molecular weight excluding hydrogens is 384 g/mol. The first-order valence-corrected chi connectivity index (χ1v) is 10.1. The van der Waals surface area contributed by atoms with Crippen LogP contribution >= 0.6 is 11.3 Å². The fourth-order valence-electron chi connectivity index (χ4n) is 2.90. The number of nitrogens with one attached hydrogen (secondary N) is 1. The van der Waals surface area contributed by atoms with Crippen LogP contribution in [0.2, 0.25) is 0 Å². The smallest absolute Gasteiger partial charge is 0.256 e. The zero-order chi connectivity index (χ0) is 20.4. The monoisotopic (exact) mass is 404 g/mol. The molecule has 2 heterocycles. The molecule has 0 bridgehead atoms. The van der Waals surface area contributed by atoms with Gasteiger partial charge in [0.05, 0.1) is 6.10 Å². The summed E-state index contributed by atoms with van der Waals surface area (Å²) in [4.78, 5) is 16.9. The molecule has 0 spiro atoms. The van der Waals surface area contributed by atoms with E-state index in [2.05, 4.69) is 20.5 Å². The zero-order valence-corrected chi connectivity index (χ0v) is 17.2. The van der Waals surface area contributed by atoms with Crippen molar-refractivity contribution in [1.29, 1.82) is 0 Å². The lowest BCUT2D eigenvalue weighted by Crippen LogP contribution is -2.13. The van der Waals surface area contributed by atoms with Crippen molar-refractivity contribution in [2.24, 2.45) is 0 Å². The van der Waals surface area contributed by atoms with Crippen LogP contribution in [0, 0.1) is 6.92 Å². The van der Waals surface area contributed by atoms with E-state index in [0.29, 0.717) is 11.4 Å². The maximum Gasteiger partial charge on any atom is 0.256 e. The predicted octanol–water partition coefficient (Wildman–Crippen LogP) is 5.10. The van der Waals surface area contributed by atoms with E-state index in [1.807, 2.05) is 45.0 Å². The van der Waals surface area contributed by atoms with Crippen molar-refractivity contribution in [3.8, 4) is 16.3 Å². The summed E-state index contributed by atoms with van der Waals surface area (Å²) >= 11 is 1.55. The number of anilines is 1. The Morgan fingerprint density at radius 3 is 2.52 bits per heavy atom. The third kappa shape index (κ3) is 4.41. The first-order valence-electron chi connectivity index (χ1n) is 9.26. The Balaban J connectivity index is 1.55. The van der Waals surface area contributed by atoms with E-state index in [0.717, 1.165) is 32.1 Å². The zero-order valence-electron chi connectivity index (χ0n) is 16.3. The van der Waals surface area contributed by atoms with Crippen LogP contribution in [0.1, 0.15) is 29.2 Å². The average Bonchev–Trinajstić information content (AvgIpc) is 3.14. The summed E-state index contributed by atoms with van der Waals surface area (Å²) in [5, 5.41) is 14.9. The van der Waals surface area contributed by atoms with Gasteiger partial charge < -0.3 is 10.1 Å². The molecule has 0 unspecified atom stereocenters. The van der Waals surface area contributed by atoms with Gasteiger partial charge in [-0.15, -0.1) is 10.2 Å². The van der Waals surface area contributed by atoms with E-state index in [9.17, 15) is 4.79 Å². The first kappa shape index (κ1) is 19.0. The highest BCUT2D eigenvalue weighted by Crippen LogP contribution is 2.27. The minimum Gasteiger partial charge on any atom is -0.491 e. The van der Waals surface area contributed by atoms with Crippen LogP contribution in [0.5, 0.6) is 5.75 Å². The van der Waals surface area contributed by atoms with E-state index in [4.69, 9.17) is 4.74 Å². The van der Waals surface area contributed by atoms with E-state index < -0.39 is 0 Å². The second-order valence-electron chi connectivity index (χ2n) is 6.90. The van der Waals surface area contributed by atoms with Crippen molar-refractivity contribution in [2.75, 3.05) is 5.32 Å². The van der Waals surface area contributed by atoms with Gasteiger partial charge in [0, 0.05) is 22.7 Å². The normalized spacial score (nSPS) is 11.0. The van der Waals surface area contributed by atoms with Crippen molar-refractivity contribution < 1.29 is 9.53 Å². The molecule has 0 radical (unpaired) electrons. The van der Waals surface area contributed by atoms with E-state index in [1.54, 1.807) is 41.8 Å². The lowest BCUT2D eigenvalue weighted by atomic mass is 10.1. The van der Waals surface area contributed by atoms with E-state index >= 15 is 0 Å². The Kier molecular flexibility index (Phi) is 5.22. The molecule has 29 heavy (non-hydrogen) atoms. The Labute approximate surface area is 172 Å². The molecule has 2 aromatic heterocycles. The van der Waals surface area contributed by atoms with Gasteiger partial charge in [-0.25, -0.2) is 4.98 Å². The van der Waals surface area contributed by atoms with Crippen molar-refractivity contribution in [1.82, 2.24) is 15.2 Å². The van der Waals surface area contributed by atoms with Gasteiger partial charge in [-0.05, 0) is 62.6 Å². The van der Waals surface area contributed by atoms with Crippen LogP contribution < -0.4 is 10.1 Å². The van der Waals surface area contributed by atoms with Crippen molar-refractivity contribution in [3.63, 3.8) is 0 Å². The molecule has 6 nitrogen and oxygen atoms in total. The Bertz CT molecular complexity index is 1170. The summed E-state index contributed by atoms with van der Waals surface area (Å²) in [7, 11) is 0. The van der Waals surface area contributed by atoms with E-state index in [1.165, 1.54) is 0 Å². The number of hydrogen-bond donors (Lipinski definition) is 1. The van der Waals surface area contributed by atoms with Gasteiger partial charge in [0.15, 0.2) is 0 Å². The number of fused-ring (bicyclic) bond motifs is 1. The second kappa shape index (κ2) is 7.97. The molecule has 0 fully saturated rings. The molecule has 0 saturated heterocycles. The van der Waals surface area contributed by atoms with Gasteiger partial charge in [0.1, 0.15) is 21.6 Å². The number of rotatable bonds is 5. The minimum atomic E-state index is -0.219. The molecule has 2 aromatic carbocycles. The Morgan fingerprint density at radius 1 is 1.03 bits per heavy atom.